The SMILES string of the molecule is COc1ccccc1N(Cc1ncc[nH]1)C1C(=O)C(C)Oc2ccc([N+](=O)[O-])cc21. The summed E-state index contributed by atoms with van der Waals surface area (Å²) < 4.78 is 11.3. The number of nitro groups is 1. The molecule has 9 heteroatoms. The normalized spacial score (nSPS) is 17.7. The molecule has 0 saturated heterocycles. The number of H-pyrrole nitrogens is 1. The van der Waals surface area contributed by atoms with Crippen molar-refractivity contribution in [3.05, 3.63) is 76.4 Å². The van der Waals surface area contributed by atoms with Crippen molar-refractivity contribution in [1.82, 2.24) is 9.97 Å². The van der Waals surface area contributed by atoms with Gasteiger partial charge in [0.1, 0.15) is 23.4 Å². The van der Waals surface area contributed by atoms with E-state index in [1.54, 1.807) is 32.5 Å². The first-order valence-corrected chi connectivity index (χ1v) is 9.36. The number of benzene rings is 2. The Morgan fingerprint density at radius 2 is 2.10 bits per heavy atom. The number of aromatic amines is 1. The van der Waals surface area contributed by atoms with Gasteiger partial charge in [-0.05, 0) is 25.1 Å². The fourth-order valence-electron chi connectivity index (χ4n) is 3.64. The number of nitro benzene ring substituents is 1. The number of rotatable bonds is 6. The first-order valence-electron chi connectivity index (χ1n) is 9.36. The molecular weight excluding hydrogens is 388 g/mol. The maximum atomic E-state index is 13.3. The standard InChI is InChI=1S/C21H20N4O5/c1-13-21(26)20(15-11-14(25(27)28)7-8-17(15)30-13)24(12-19-22-9-10-23-19)16-5-3-4-6-18(16)29-2/h3-11,13,20H,12H2,1-2H3,(H,22,23). The molecule has 0 aliphatic carbocycles. The molecule has 0 bridgehead atoms. The number of non-ortho nitro benzene ring substituents is 1. The molecule has 2 unspecified atom stereocenters. The highest BCUT2D eigenvalue weighted by atomic mass is 16.6. The second kappa shape index (κ2) is 7.86. The molecule has 1 aliphatic heterocycles. The molecule has 1 aliphatic rings. The summed E-state index contributed by atoms with van der Waals surface area (Å²) in [4.78, 5) is 33.4. The number of nitrogens with one attached hydrogen (secondary N) is 1. The number of ether oxygens (including phenoxy) is 2. The monoisotopic (exact) mass is 408 g/mol. The molecule has 0 fully saturated rings. The number of methoxy groups -OCH3 is 1. The zero-order chi connectivity index (χ0) is 21.3. The third kappa shape index (κ3) is 3.45. The van der Waals surface area contributed by atoms with Gasteiger partial charge in [0.2, 0.25) is 0 Å². The summed E-state index contributed by atoms with van der Waals surface area (Å²) in [6.07, 6.45) is 2.61. The Morgan fingerprint density at radius 3 is 2.80 bits per heavy atom. The van der Waals surface area contributed by atoms with E-state index in [2.05, 4.69) is 9.97 Å². The van der Waals surface area contributed by atoms with Gasteiger partial charge in [0.15, 0.2) is 11.9 Å². The second-order valence-corrected chi connectivity index (χ2v) is 6.88. The van der Waals surface area contributed by atoms with E-state index in [4.69, 9.17) is 9.47 Å². The van der Waals surface area contributed by atoms with E-state index in [1.807, 2.05) is 23.1 Å². The molecule has 4 rings (SSSR count). The van der Waals surface area contributed by atoms with Gasteiger partial charge in [0.25, 0.3) is 5.69 Å². The van der Waals surface area contributed by atoms with Crippen molar-refractivity contribution in [2.24, 2.45) is 0 Å². The predicted molar refractivity (Wildman–Crippen MR) is 109 cm³/mol. The van der Waals surface area contributed by atoms with Crippen LogP contribution in [-0.2, 0) is 11.3 Å². The lowest BCUT2D eigenvalue weighted by atomic mass is 9.93. The lowest BCUT2D eigenvalue weighted by Gasteiger charge is -2.38. The van der Waals surface area contributed by atoms with Crippen LogP contribution < -0.4 is 14.4 Å². The molecule has 154 valence electrons. The van der Waals surface area contributed by atoms with Gasteiger partial charge >= 0.3 is 0 Å². The maximum Gasteiger partial charge on any atom is 0.270 e. The minimum absolute atomic E-state index is 0.109. The molecule has 0 saturated carbocycles. The van der Waals surface area contributed by atoms with Gasteiger partial charge in [-0.25, -0.2) is 4.98 Å². The Morgan fingerprint density at radius 1 is 1.30 bits per heavy atom. The summed E-state index contributed by atoms with van der Waals surface area (Å²) in [5.74, 6) is 1.44. The van der Waals surface area contributed by atoms with E-state index in [0.717, 1.165) is 0 Å². The first kappa shape index (κ1) is 19.4. The van der Waals surface area contributed by atoms with Crippen LogP contribution in [0.25, 0.3) is 0 Å². The Hall–Kier alpha value is -3.88. The Labute approximate surface area is 172 Å². The summed E-state index contributed by atoms with van der Waals surface area (Å²) in [6.45, 7) is 1.94. The van der Waals surface area contributed by atoms with Crippen molar-refractivity contribution < 1.29 is 19.2 Å². The van der Waals surface area contributed by atoms with E-state index in [1.165, 1.54) is 18.2 Å². The number of carbonyl (C=O) groups is 1. The predicted octanol–water partition coefficient (Wildman–Crippen LogP) is 3.42. The van der Waals surface area contributed by atoms with Gasteiger partial charge < -0.3 is 19.4 Å². The summed E-state index contributed by atoms with van der Waals surface area (Å²) in [6, 6.07) is 10.8. The van der Waals surface area contributed by atoms with Crippen molar-refractivity contribution in [3.8, 4) is 11.5 Å². The first-order chi connectivity index (χ1) is 14.5. The minimum Gasteiger partial charge on any atom is -0.495 e. The smallest absolute Gasteiger partial charge is 0.270 e. The fourth-order valence-corrected chi connectivity index (χ4v) is 3.64. The molecule has 1 N–H and O–H groups in total. The summed E-state index contributed by atoms with van der Waals surface area (Å²) in [5, 5.41) is 11.4. The average molecular weight is 408 g/mol. The van der Waals surface area contributed by atoms with Gasteiger partial charge in [-0.2, -0.15) is 0 Å². The van der Waals surface area contributed by atoms with Crippen LogP contribution in [0.1, 0.15) is 24.4 Å². The van der Waals surface area contributed by atoms with Crippen LogP contribution in [0.4, 0.5) is 11.4 Å². The molecule has 3 aromatic rings. The average Bonchev–Trinajstić information content (AvgIpc) is 3.26. The molecule has 2 aromatic carbocycles. The molecule has 0 radical (unpaired) electrons. The van der Waals surface area contributed by atoms with Crippen molar-refractivity contribution >= 4 is 17.2 Å². The largest absolute Gasteiger partial charge is 0.495 e. The van der Waals surface area contributed by atoms with E-state index in [9.17, 15) is 14.9 Å². The molecule has 0 spiro atoms. The highest BCUT2D eigenvalue weighted by Gasteiger charge is 2.40. The van der Waals surface area contributed by atoms with E-state index in [-0.39, 0.29) is 18.0 Å². The van der Waals surface area contributed by atoms with Gasteiger partial charge in [0, 0.05) is 30.1 Å². The van der Waals surface area contributed by atoms with Crippen molar-refractivity contribution in [1.29, 1.82) is 0 Å². The molecule has 0 amide bonds. The van der Waals surface area contributed by atoms with Crippen LogP contribution in [-0.4, -0.2) is 33.9 Å². The Balaban J connectivity index is 1.90. The molecule has 2 atom stereocenters. The summed E-state index contributed by atoms with van der Waals surface area (Å²) >= 11 is 0. The number of hydrogen-bond acceptors (Lipinski definition) is 7. The quantitative estimate of drug-likeness (QED) is 0.491. The molecule has 30 heavy (non-hydrogen) atoms. The second-order valence-electron chi connectivity index (χ2n) is 6.88. The molecular formula is C21H20N4O5. The topological polar surface area (TPSA) is 111 Å². The van der Waals surface area contributed by atoms with Crippen LogP contribution in [0.15, 0.2) is 54.9 Å². The summed E-state index contributed by atoms with van der Waals surface area (Å²) in [7, 11) is 1.55. The van der Waals surface area contributed by atoms with E-state index < -0.39 is 17.1 Å². The zero-order valence-electron chi connectivity index (χ0n) is 16.4. The van der Waals surface area contributed by atoms with E-state index in [0.29, 0.717) is 28.6 Å². The number of aromatic nitrogens is 2. The number of nitrogens with zero attached hydrogens (tertiary/aromatic N) is 3. The fraction of sp³-hybridized carbons (Fsp3) is 0.238. The number of hydrogen-bond donors (Lipinski definition) is 1. The Kier molecular flexibility index (Phi) is 5.09. The van der Waals surface area contributed by atoms with Gasteiger partial charge in [-0.1, -0.05) is 12.1 Å². The third-order valence-electron chi connectivity index (χ3n) is 5.05. The lowest BCUT2D eigenvalue weighted by molar-refractivity contribution is -0.385. The number of Topliss-reactive ketones (excluding diaryl/α,β-unsaturated/α-hetero) is 1. The van der Waals surface area contributed by atoms with Crippen LogP contribution in [0.2, 0.25) is 0 Å². The van der Waals surface area contributed by atoms with Crippen LogP contribution in [0, 0.1) is 10.1 Å². The van der Waals surface area contributed by atoms with Crippen LogP contribution in [0.5, 0.6) is 11.5 Å². The number of ketones is 1. The third-order valence-corrected chi connectivity index (χ3v) is 5.05. The number of imidazole rings is 1. The number of carbonyl (C=O) groups excluding carboxylic acids is 1. The molecule has 1 aromatic heterocycles. The molecule has 9 nitrogen and oxygen atoms in total. The van der Waals surface area contributed by atoms with Gasteiger partial charge in [0.05, 0.1) is 24.3 Å². The number of para-hydroxylation sites is 2. The van der Waals surface area contributed by atoms with Gasteiger partial charge in [-0.3, -0.25) is 14.9 Å². The van der Waals surface area contributed by atoms with E-state index >= 15 is 0 Å². The molecule has 2 heterocycles. The lowest BCUT2D eigenvalue weighted by Crippen LogP contribution is -2.43. The van der Waals surface area contributed by atoms with Crippen molar-refractivity contribution in [2.75, 3.05) is 12.0 Å². The van der Waals surface area contributed by atoms with Crippen LogP contribution >= 0.6 is 0 Å². The number of fused-ring (bicyclic) bond motifs is 1. The van der Waals surface area contributed by atoms with Crippen molar-refractivity contribution in [2.45, 2.75) is 25.6 Å². The highest BCUT2D eigenvalue weighted by Crippen LogP contribution is 2.43. The number of anilines is 1. The van der Waals surface area contributed by atoms with Crippen molar-refractivity contribution in [3.63, 3.8) is 0 Å². The van der Waals surface area contributed by atoms with Crippen LogP contribution in [0.3, 0.4) is 0 Å². The maximum absolute atomic E-state index is 13.3. The highest BCUT2D eigenvalue weighted by molar-refractivity contribution is 5.94. The Bertz CT molecular complexity index is 1080. The zero-order valence-corrected chi connectivity index (χ0v) is 16.4. The van der Waals surface area contributed by atoms with Gasteiger partial charge in [-0.15, -0.1) is 0 Å². The minimum atomic E-state index is -0.815. The summed E-state index contributed by atoms with van der Waals surface area (Å²) in [5.41, 5.74) is 0.994.